The average molecular weight is 350 g/mol. The molecule has 0 amide bonds. The van der Waals surface area contributed by atoms with Crippen molar-refractivity contribution in [3.8, 4) is 11.8 Å². The molecular weight excluding hydrogens is 336 g/mol. The highest BCUT2D eigenvalue weighted by molar-refractivity contribution is 5.61. The van der Waals surface area contributed by atoms with E-state index in [-0.39, 0.29) is 17.5 Å². The summed E-state index contributed by atoms with van der Waals surface area (Å²) < 4.78 is 57.0. The number of nitrogens with zero attached hydrogens (tertiary/aromatic N) is 2. The van der Waals surface area contributed by atoms with Gasteiger partial charge in [-0.3, -0.25) is 0 Å². The lowest BCUT2D eigenvalue weighted by Gasteiger charge is -2.21. The third-order valence-corrected chi connectivity index (χ3v) is 4.05. The molecule has 2 aromatic carbocycles. The van der Waals surface area contributed by atoms with Crippen molar-refractivity contribution < 1.29 is 22.3 Å². The van der Waals surface area contributed by atoms with Crippen molar-refractivity contribution in [3.05, 3.63) is 59.4 Å². The quantitative estimate of drug-likeness (QED) is 0.771. The summed E-state index contributed by atoms with van der Waals surface area (Å²) in [5, 5.41) is 9.19. The average Bonchev–Trinajstić information content (AvgIpc) is 3.04. The molecule has 3 rings (SSSR count). The first-order chi connectivity index (χ1) is 11.9. The van der Waals surface area contributed by atoms with Crippen molar-refractivity contribution in [2.45, 2.75) is 18.7 Å². The van der Waals surface area contributed by atoms with Crippen molar-refractivity contribution in [1.82, 2.24) is 0 Å². The molecule has 1 atom stereocenters. The molecule has 1 aliphatic heterocycles. The van der Waals surface area contributed by atoms with Crippen LogP contribution in [0.3, 0.4) is 0 Å². The first kappa shape index (κ1) is 17.1. The van der Waals surface area contributed by atoms with Gasteiger partial charge in [0.1, 0.15) is 23.7 Å². The zero-order valence-electron chi connectivity index (χ0n) is 13.1. The third kappa shape index (κ3) is 3.85. The Kier molecular flexibility index (Phi) is 4.53. The van der Waals surface area contributed by atoms with Crippen LogP contribution >= 0.6 is 0 Å². The Morgan fingerprint density at radius 1 is 1.12 bits per heavy atom. The zero-order valence-corrected chi connectivity index (χ0v) is 13.1. The highest BCUT2D eigenvalue weighted by atomic mass is 19.4. The van der Waals surface area contributed by atoms with Crippen molar-refractivity contribution in [1.29, 1.82) is 5.26 Å². The minimum atomic E-state index is -4.48. The maximum Gasteiger partial charge on any atom is 0.416 e. The van der Waals surface area contributed by atoms with E-state index in [1.165, 1.54) is 30.3 Å². The summed E-state index contributed by atoms with van der Waals surface area (Å²) >= 11 is 0. The number of alkyl halides is 3. The summed E-state index contributed by atoms with van der Waals surface area (Å²) in [7, 11) is 0. The van der Waals surface area contributed by atoms with Crippen LogP contribution < -0.4 is 9.64 Å². The number of hydrogen-bond donors (Lipinski definition) is 0. The van der Waals surface area contributed by atoms with Gasteiger partial charge in [0.25, 0.3) is 0 Å². The van der Waals surface area contributed by atoms with Crippen LogP contribution in [0.5, 0.6) is 5.75 Å². The van der Waals surface area contributed by atoms with E-state index in [0.29, 0.717) is 30.9 Å². The second kappa shape index (κ2) is 6.63. The van der Waals surface area contributed by atoms with Gasteiger partial charge < -0.3 is 9.64 Å². The van der Waals surface area contributed by atoms with Gasteiger partial charge in [-0.05, 0) is 42.5 Å². The lowest BCUT2D eigenvalue weighted by atomic mass is 10.1. The first-order valence-corrected chi connectivity index (χ1v) is 7.65. The molecular formula is C18H14F4N2O. The van der Waals surface area contributed by atoms with Crippen molar-refractivity contribution >= 4 is 5.69 Å². The van der Waals surface area contributed by atoms with Gasteiger partial charge in [0.2, 0.25) is 0 Å². The Labute approximate surface area is 142 Å². The molecule has 1 saturated heterocycles. The van der Waals surface area contributed by atoms with E-state index in [1.807, 2.05) is 11.0 Å². The van der Waals surface area contributed by atoms with Crippen molar-refractivity contribution in [3.63, 3.8) is 0 Å². The minimum absolute atomic E-state index is 0.0164. The Bertz CT molecular complexity index is 796. The topological polar surface area (TPSA) is 36.3 Å². The summed E-state index contributed by atoms with van der Waals surface area (Å²) in [6, 6.07) is 10.6. The van der Waals surface area contributed by atoms with Gasteiger partial charge in [-0.2, -0.15) is 18.4 Å². The largest absolute Gasteiger partial charge is 0.489 e. The smallest absolute Gasteiger partial charge is 0.416 e. The fourth-order valence-electron chi connectivity index (χ4n) is 2.83. The molecule has 0 bridgehead atoms. The van der Waals surface area contributed by atoms with E-state index < -0.39 is 11.7 Å². The molecule has 0 radical (unpaired) electrons. The standard InChI is InChI=1S/C18H14F4N2O/c19-14-2-4-15(5-3-14)25-16-7-8-24(11-16)17-6-1-13(18(20,21)22)9-12(17)10-23/h1-6,9,16H,7-8,11H2. The van der Waals surface area contributed by atoms with Crippen LogP contribution in [0.4, 0.5) is 23.2 Å². The predicted octanol–water partition coefficient (Wildman–Crippen LogP) is 4.37. The summed E-state index contributed by atoms with van der Waals surface area (Å²) in [5.74, 6) is 0.171. The Morgan fingerprint density at radius 2 is 1.84 bits per heavy atom. The van der Waals surface area contributed by atoms with Gasteiger partial charge in [0.15, 0.2) is 0 Å². The Hall–Kier alpha value is -2.75. The van der Waals surface area contributed by atoms with Gasteiger partial charge in [0.05, 0.1) is 23.4 Å². The first-order valence-electron chi connectivity index (χ1n) is 7.65. The molecule has 0 saturated carbocycles. The van der Waals surface area contributed by atoms with E-state index in [4.69, 9.17) is 4.74 Å². The SMILES string of the molecule is N#Cc1cc(C(F)(F)F)ccc1N1CCC(Oc2ccc(F)cc2)C1. The van der Waals surface area contributed by atoms with Gasteiger partial charge >= 0.3 is 6.18 Å². The van der Waals surface area contributed by atoms with E-state index in [1.54, 1.807) is 0 Å². The van der Waals surface area contributed by atoms with Gasteiger partial charge in [0, 0.05) is 13.0 Å². The lowest BCUT2D eigenvalue weighted by Crippen LogP contribution is -2.25. The van der Waals surface area contributed by atoms with E-state index in [9.17, 15) is 22.8 Å². The third-order valence-electron chi connectivity index (χ3n) is 4.05. The van der Waals surface area contributed by atoms with Gasteiger partial charge in [-0.25, -0.2) is 4.39 Å². The molecule has 0 aromatic heterocycles. The summed E-state index contributed by atoms with van der Waals surface area (Å²) in [5.41, 5.74) is -0.399. The number of hydrogen-bond acceptors (Lipinski definition) is 3. The summed E-state index contributed by atoms with van der Waals surface area (Å²) in [6.07, 6.45) is -4.01. The number of benzene rings is 2. The number of anilines is 1. The molecule has 1 aliphatic rings. The number of rotatable bonds is 3. The fraction of sp³-hybridized carbons (Fsp3) is 0.278. The van der Waals surface area contributed by atoms with Crippen LogP contribution in [0.1, 0.15) is 17.5 Å². The molecule has 3 nitrogen and oxygen atoms in total. The van der Waals surface area contributed by atoms with Crippen LogP contribution in [-0.4, -0.2) is 19.2 Å². The summed E-state index contributed by atoms with van der Waals surface area (Å²) in [6.45, 7) is 1.00. The van der Waals surface area contributed by atoms with Crippen LogP contribution in [0.2, 0.25) is 0 Å². The molecule has 2 aromatic rings. The molecule has 0 N–H and O–H groups in total. The highest BCUT2D eigenvalue weighted by Gasteiger charge is 2.32. The second-order valence-electron chi connectivity index (χ2n) is 5.77. The number of nitriles is 1. The van der Waals surface area contributed by atoms with Gasteiger partial charge in [-0.15, -0.1) is 0 Å². The molecule has 7 heteroatoms. The normalized spacial score (nSPS) is 17.4. The summed E-state index contributed by atoms with van der Waals surface area (Å²) in [4.78, 5) is 1.83. The maximum absolute atomic E-state index is 12.9. The highest BCUT2D eigenvalue weighted by Crippen LogP contribution is 2.34. The molecule has 130 valence electrons. The van der Waals surface area contributed by atoms with E-state index in [2.05, 4.69) is 0 Å². The Balaban J connectivity index is 1.73. The molecule has 25 heavy (non-hydrogen) atoms. The van der Waals surface area contributed by atoms with Gasteiger partial charge in [-0.1, -0.05) is 0 Å². The molecule has 0 aliphatic carbocycles. The van der Waals surface area contributed by atoms with Crippen molar-refractivity contribution in [2.24, 2.45) is 0 Å². The molecule has 1 unspecified atom stereocenters. The Morgan fingerprint density at radius 3 is 2.48 bits per heavy atom. The fourth-order valence-corrected chi connectivity index (χ4v) is 2.83. The lowest BCUT2D eigenvalue weighted by molar-refractivity contribution is -0.137. The molecule has 1 heterocycles. The van der Waals surface area contributed by atoms with Crippen molar-refractivity contribution in [2.75, 3.05) is 18.0 Å². The van der Waals surface area contributed by atoms with Crippen LogP contribution in [0.15, 0.2) is 42.5 Å². The van der Waals surface area contributed by atoms with E-state index in [0.717, 1.165) is 12.1 Å². The molecule has 1 fully saturated rings. The van der Waals surface area contributed by atoms with E-state index >= 15 is 0 Å². The number of ether oxygens (including phenoxy) is 1. The molecule has 0 spiro atoms. The number of halogens is 4. The van der Waals surface area contributed by atoms with Crippen LogP contribution in [0, 0.1) is 17.1 Å². The van der Waals surface area contributed by atoms with Crippen LogP contribution in [0.25, 0.3) is 0 Å². The predicted molar refractivity (Wildman–Crippen MR) is 83.8 cm³/mol. The second-order valence-corrected chi connectivity index (χ2v) is 5.77. The monoisotopic (exact) mass is 350 g/mol. The maximum atomic E-state index is 12.9. The minimum Gasteiger partial charge on any atom is -0.489 e. The van der Waals surface area contributed by atoms with Crippen LogP contribution in [-0.2, 0) is 6.18 Å². The zero-order chi connectivity index (χ0) is 18.0.